The second-order valence-electron chi connectivity index (χ2n) is 6.24. The predicted octanol–water partition coefficient (Wildman–Crippen LogP) is 5.76. The van der Waals surface area contributed by atoms with Gasteiger partial charge in [0.1, 0.15) is 11.4 Å². The molecule has 0 saturated heterocycles. The van der Waals surface area contributed by atoms with E-state index in [1.165, 1.54) is 0 Å². The number of amides is 1. The highest BCUT2D eigenvalue weighted by molar-refractivity contribution is 9.10. The first-order valence-corrected chi connectivity index (χ1v) is 11.0. The van der Waals surface area contributed by atoms with Gasteiger partial charge in [-0.05, 0) is 46.3 Å². The monoisotopic (exact) mass is 556 g/mol. The molecule has 2 aromatic carbocycles. The first kappa shape index (κ1) is 21.0. The Morgan fingerprint density at radius 2 is 2.00 bits per heavy atom. The molecule has 30 heavy (non-hydrogen) atoms. The number of thioether (sulfide) groups is 1. The van der Waals surface area contributed by atoms with Gasteiger partial charge in [0.2, 0.25) is 5.91 Å². The highest BCUT2D eigenvalue weighted by atomic mass is 79.9. The summed E-state index contributed by atoms with van der Waals surface area (Å²) in [4.78, 5) is 12.2. The second kappa shape index (κ2) is 8.48. The van der Waals surface area contributed by atoms with E-state index in [0.717, 1.165) is 33.3 Å². The van der Waals surface area contributed by atoms with Crippen molar-refractivity contribution in [3.63, 3.8) is 0 Å². The van der Waals surface area contributed by atoms with Crippen molar-refractivity contribution >= 4 is 66.2 Å². The van der Waals surface area contributed by atoms with E-state index in [9.17, 15) is 13.6 Å². The van der Waals surface area contributed by atoms with Crippen LogP contribution in [0.5, 0.6) is 0 Å². The van der Waals surface area contributed by atoms with E-state index in [0.29, 0.717) is 22.8 Å². The van der Waals surface area contributed by atoms with Gasteiger partial charge in [0.15, 0.2) is 22.6 Å². The van der Waals surface area contributed by atoms with Crippen LogP contribution in [-0.2, 0) is 11.8 Å². The van der Waals surface area contributed by atoms with Gasteiger partial charge in [0.05, 0.1) is 11.4 Å². The number of benzene rings is 2. The van der Waals surface area contributed by atoms with E-state index in [1.807, 2.05) is 24.3 Å². The Morgan fingerprint density at radius 1 is 1.20 bits per heavy atom. The van der Waals surface area contributed by atoms with Crippen LogP contribution in [0.2, 0.25) is 0 Å². The molecule has 0 unspecified atom stereocenters. The minimum Gasteiger partial charge on any atom is -0.453 e. The number of carbonyl (C=O) groups excluding carboxylic acids is 1. The summed E-state index contributed by atoms with van der Waals surface area (Å²) in [5.74, 6) is -1.05. The summed E-state index contributed by atoms with van der Waals surface area (Å²) in [7, 11) is 1.76. The third kappa shape index (κ3) is 4.28. The number of furan rings is 1. The smallest absolute Gasteiger partial charge is 0.234 e. The van der Waals surface area contributed by atoms with Crippen molar-refractivity contribution in [2.45, 2.75) is 5.16 Å². The molecule has 0 spiro atoms. The topological polar surface area (TPSA) is 73.0 Å². The predicted molar refractivity (Wildman–Crippen MR) is 117 cm³/mol. The molecule has 0 fully saturated rings. The van der Waals surface area contributed by atoms with Gasteiger partial charge >= 0.3 is 0 Å². The highest BCUT2D eigenvalue weighted by Gasteiger charge is 2.18. The van der Waals surface area contributed by atoms with E-state index >= 15 is 0 Å². The zero-order valence-corrected chi connectivity index (χ0v) is 19.2. The lowest BCUT2D eigenvalue weighted by Gasteiger charge is -2.08. The van der Waals surface area contributed by atoms with Gasteiger partial charge < -0.3 is 14.3 Å². The van der Waals surface area contributed by atoms with Crippen molar-refractivity contribution in [3.8, 4) is 11.6 Å². The fourth-order valence-corrected chi connectivity index (χ4v) is 4.34. The van der Waals surface area contributed by atoms with E-state index in [1.54, 1.807) is 11.6 Å². The van der Waals surface area contributed by atoms with Gasteiger partial charge in [-0.25, -0.2) is 8.78 Å². The molecule has 0 aliphatic carbocycles. The molecule has 1 amide bonds. The van der Waals surface area contributed by atoms with Crippen molar-refractivity contribution in [2.24, 2.45) is 7.05 Å². The van der Waals surface area contributed by atoms with Crippen molar-refractivity contribution < 1.29 is 18.0 Å². The van der Waals surface area contributed by atoms with Crippen molar-refractivity contribution in [1.82, 2.24) is 14.8 Å². The summed E-state index contributed by atoms with van der Waals surface area (Å²) in [5, 5.41) is 12.1. The molecule has 0 saturated carbocycles. The average molecular weight is 558 g/mol. The Balaban J connectivity index is 1.47. The minimum atomic E-state index is -0.863. The Hall–Kier alpha value is -2.24. The van der Waals surface area contributed by atoms with E-state index in [-0.39, 0.29) is 15.9 Å². The summed E-state index contributed by atoms with van der Waals surface area (Å²) in [6, 6.07) is 9.31. The van der Waals surface area contributed by atoms with E-state index in [2.05, 4.69) is 47.4 Å². The summed E-state index contributed by atoms with van der Waals surface area (Å²) >= 11 is 7.60. The van der Waals surface area contributed by atoms with Crippen LogP contribution in [0.4, 0.5) is 14.5 Å². The molecule has 0 bridgehead atoms. The van der Waals surface area contributed by atoms with Gasteiger partial charge in [-0.2, -0.15) is 0 Å². The van der Waals surface area contributed by atoms with Gasteiger partial charge in [-0.3, -0.25) is 4.79 Å². The number of carbonyl (C=O) groups is 1. The Kier molecular flexibility index (Phi) is 5.94. The lowest BCUT2D eigenvalue weighted by atomic mass is 10.2. The molecule has 2 heterocycles. The van der Waals surface area contributed by atoms with Crippen LogP contribution in [0.15, 0.2) is 54.9 Å². The number of aromatic nitrogens is 3. The third-order valence-corrected chi connectivity index (χ3v) is 6.28. The summed E-state index contributed by atoms with van der Waals surface area (Å²) in [5.41, 5.74) is 0.603. The van der Waals surface area contributed by atoms with Crippen molar-refractivity contribution in [2.75, 3.05) is 11.1 Å². The van der Waals surface area contributed by atoms with E-state index in [4.69, 9.17) is 4.42 Å². The number of nitrogens with zero attached hydrogens (tertiary/aromatic N) is 3. The maximum atomic E-state index is 13.9. The summed E-state index contributed by atoms with van der Waals surface area (Å²) in [6.45, 7) is 0. The number of halogens is 4. The van der Waals surface area contributed by atoms with Crippen LogP contribution in [0.1, 0.15) is 0 Å². The molecule has 4 rings (SSSR count). The minimum absolute atomic E-state index is 0.0394. The molecule has 4 aromatic rings. The molecule has 0 radical (unpaired) electrons. The van der Waals surface area contributed by atoms with Crippen LogP contribution < -0.4 is 5.32 Å². The molecule has 1 N–H and O–H groups in total. The lowest BCUT2D eigenvalue weighted by molar-refractivity contribution is -0.113. The Morgan fingerprint density at radius 3 is 2.77 bits per heavy atom. The van der Waals surface area contributed by atoms with Crippen LogP contribution in [0.3, 0.4) is 0 Å². The highest BCUT2D eigenvalue weighted by Crippen LogP contribution is 2.31. The zero-order chi connectivity index (χ0) is 21.4. The first-order valence-electron chi connectivity index (χ1n) is 8.48. The maximum Gasteiger partial charge on any atom is 0.234 e. The van der Waals surface area contributed by atoms with Crippen molar-refractivity contribution in [3.05, 3.63) is 57.0 Å². The largest absolute Gasteiger partial charge is 0.453 e. The number of hydrogen-bond donors (Lipinski definition) is 1. The van der Waals surface area contributed by atoms with Gasteiger partial charge in [0, 0.05) is 27.4 Å². The van der Waals surface area contributed by atoms with Crippen molar-refractivity contribution in [1.29, 1.82) is 0 Å². The number of hydrogen-bond acceptors (Lipinski definition) is 5. The van der Waals surface area contributed by atoms with E-state index < -0.39 is 17.5 Å². The molecule has 0 atom stereocenters. The van der Waals surface area contributed by atoms with Crippen LogP contribution in [-0.4, -0.2) is 26.4 Å². The van der Waals surface area contributed by atoms with Crippen LogP contribution >= 0.6 is 43.6 Å². The maximum absolute atomic E-state index is 13.9. The number of nitrogens with one attached hydrogen (secondary N) is 1. The fourth-order valence-electron chi connectivity index (χ4n) is 2.75. The Labute approximate surface area is 190 Å². The number of rotatable bonds is 5. The molecule has 0 aliphatic heterocycles. The fraction of sp³-hybridized carbons (Fsp3) is 0.105. The quantitative estimate of drug-likeness (QED) is 0.316. The molecule has 154 valence electrons. The third-order valence-electron chi connectivity index (χ3n) is 4.14. The molecule has 6 nitrogen and oxygen atoms in total. The molecular formula is C19H12Br2F2N4O2S. The average Bonchev–Trinajstić information content (AvgIpc) is 3.25. The SMILES string of the molecule is Cn1c(SCC(=O)Nc2c(F)cc(F)cc2Br)nnc1-c1cc2cc(Br)ccc2o1. The van der Waals surface area contributed by atoms with Crippen LogP contribution in [0, 0.1) is 11.6 Å². The number of anilines is 1. The number of fused-ring (bicyclic) bond motifs is 1. The zero-order valence-electron chi connectivity index (χ0n) is 15.2. The molecule has 2 aromatic heterocycles. The normalized spacial score (nSPS) is 11.2. The first-order chi connectivity index (χ1) is 14.3. The molecule has 0 aliphatic rings. The summed E-state index contributed by atoms with van der Waals surface area (Å²) < 4.78 is 35.6. The standard InChI is InChI=1S/C19H12Br2F2N4O2S/c1-27-18(15-5-9-4-10(20)2-3-14(9)29-15)25-26-19(27)30-8-16(28)24-17-12(21)6-11(22)7-13(17)23/h2-7H,8H2,1H3,(H,24,28). The van der Waals surface area contributed by atoms with Gasteiger partial charge in [0.25, 0.3) is 0 Å². The van der Waals surface area contributed by atoms with Gasteiger partial charge in [-0.1, -0.05) is 27.7 Å². The van der Waals surface area contributed by atoms with Gasteiger partial charge in [-0.15, -0.1) is 10.2 Å². The van der Waals surface area contributed by atoms with Crippen LogP contribution in [0.25, 0.3) is 22.6 Å². The second-order valence-corrected chi connectivity index (χ2v) is 8.95. The Bertz CT molecular complexity index is 1250. The molecular weight excluding hydrogens is 546 g/mol. The summed E-state index contributed by atoms with van der Waals surface area (Å²) in [6.07, 6.45) is 0. The molecule has 11 heteroatoms. The lowest BCUT2D eigenvalue weighted by Crippen LogP contribution is -2.16.